The Kier molecular flexibility index (Phi) is 7.80. The highest BCUT2D eigenvalue weighted by molar-refractivity contribution is 5.81. The van der Waals surface area contributed by atoms with Crippen LogP contribution in [0.1, 0.15) is 106 Å². The molecule has 0 aromatic carbocycles. The topological polar surface area (TPSA) is 52.6 Å². The van der Waals surface area contributed by atoms with Crippen LogP contribution in [0.15, 0.2) is 11.8 Å². The minimum Gasteiger partial charge on any atom is -0.466 e. The average molecular weight is 487 g/mol. The van der Waals surface area contributed by atoms with Crippen molar-refractivity contribution in [2.75, 3.05) is 6.61 Å². The van der Waals surface area contributed by atoms with Crippen molar-refractivity contribution in [3.05, 3.63) is 11.8 Å². The minimum atomic E-state index is -0.393. The van der Waals surface area contributed by atoms with Crippen molar-refractivity contribution in [2.24, 2.45) is 58.2 Å². The number of allylic oxidation sites excluding steroid dienone is 2. The normalized spacial score (nSPS) is 41.4. The first kappa shape index (κ1) is 26.7. The zero-order valence-electron chi connectivity index (χ0n) is 23.4. The number of ether oxygens (including phenoxy) is 2. The minimum absolute atomic E-state index is 0.138. The lowest BCUT2D eigenvalue weighted by atomic mass is 9.46. The largest absolute Gasteiger partial charge is 0.466 e. The van der Waals surface area contributed by atoms with E-state index in [1.54, 1.807) is 0 Å². The van der Waals surface area contributed by atoms with Crippen molar-refractivity contribution < 1.29 is 19.1 Å². The van der Waals surface area contributed by atoms with Crippen LogP contribution >= 0.6 is 0 Å². The second kappa shape index (κ2) is 10.2. The van der Waals surface area contributed by atoms with E-state index in [2.05, 4.69) is 47.6 Å². The summed E-state index contributed by atoms with van der Waals surface area (Å²) in [6.07, 6.45) is 12.4. The molecule has 1 saturated heterocycles. The molecule has 0 spiro atoms. The van der Waals surface area contributed by atoms with Gasteiger partial charge in [-0.25, -0.2) is 0 Å². The Morgan fingerprint density at radius 2 is 1.89 bits per heavy atom. The van der Waals surface area contributed by atoms with Crippen LogP contribution in [0.25, 0.3) is 0 Å². The van der Waals surface area contributed by atoms with E-state index < -0.39 is 5.92 Å². The van der Waals surface area contributed by atoms with Gasteiger partial charge in [0.25, 0.3) is 0 Å². The summed E-state index contributed by atoms with van der Waals surface area (Å²) < 4.78 is 11.1. The number of esters is 2. The Morgan fingerprint density at radius 1 is 1.14 bits per heavy atom. The summed E-state index contributed by atoms with van der Waals surface area (Å²) in [5.74, 6) is 4.70. The molecule has 0 bridgehead atoms. The SMILES string of the molecule is CCOC(=O)C[C@@H]1C[C@@]2(C)C(=C[C@H](C)[C@H]3[C@@H]4CC[C@H]([C@H](C)CCCC(C)C)[C@@]4(C)CC[C@@H]32)OC1=O. The first-order valence-electron chi connectivity index (χ1n) is 14.6. The fourth-order valence-corrected chi connectivity index (χ4v) is 9.18. The number of rotatable bonds is 8. The molecule has 0 aromatic heterocycles. The number of hydrogen-bond donors (Lipinski definition) is 0. The molecule has 0 N–H and O–H groups in total. The first-order valence-corrected chi connectivity index (χ1v) is 14.6. The molecule has 0 radical (unpaired) electrons. The number of hydrogen-bond acceptors (Lipinski definition) is 4. The van der Waals surface area contributed by atoms with E-state index in [1.165, 1.54) is 44.9 Å². The number of carbonyl (C=O) groups excluding carboxylic acids is 2. The van der Waals surface area contributed by atoms with E-state index in [4.69, 9.17) is 9.47 Å². The van der Waals surface area contributed by atoms with Crippen LogP contribution < -0.4 is 0 Å². The molecule has 4 nitrogen and oxygen atoms in total. The molecular weight excluding hydrogens is 436 g/mol. The van der Waals surface area contributed by atoms with Crippen molar-refractivity contribution in [3.8, 4) is 0 Å². The van der Waals surface area contributed by atoms with Gasteiger partial charge in [0, 0.05) is 5.41 Å². The Labute approximate surface area is 214 Å². The fraction of sp³-hybridized carbons (Fsp3) is 0.871. The van der Waals surface area contributed by atoms with E-state index in [9.17, 15) is 9.59 Å². The van der Waals surface area contributed by atoms with E-state index in [0.717, 1.165) is 29.4 Å². The van der Waals surface area contributed by atoms with Crippen LogP contribution in [-0.4, -0.2) is 18.5 Å². The molecule has 1 aliphatic heterocycles. The molecule has 0 aromatic rings. The number of carbonyl (C=O) groups is 2. The summed E-state index contributed by atoms with van der Waals surface area (Å²) in [4.78, 5) is 25.0. The molecule has 35 heavy (non-hydrogen) atoms. The molecule has 3 aliphatic carbocycles. The van der Waals surface area contributed by atoms with Crippen LogP contribution in [0.2, 0.25) is 0 Å². The average Bonchev–Trinajstić information content (AvgIpc) is 3.12. The predicted octanol–water partition coefficient (Wildman–Crippen LogP) is 7.56. The smallest absolute Gasteiger partial charge is 0.314 e. The lowest BCUT2D eigenvalue weighted by molar-refractivity contribution is -0.166. The van der Waals surface area contributed by atoms with Crippen molar-refractivity contribution >= 4 is 11.9 Å². The summed E-state index contributed by atoms with van der Waals surface area (Å²) in [6, 6.07) is 0. The highest BCUT2D eigenvalue weighted by atomic mass is 16.5. The van der Waals surface area contributed by atoms with Gasteiger partial charge in [-0.05, 0) is 91.9 Å². The molecule has 4 aliphatic rings. The van der Waals surface area contributed by atoms with Gasteiger partial charge in [0.05, 0.1) is 18.9 Å². The van der Waals surface area contributed by atoms with Gasteiger partial charge >= 0.3 is 11.9 Å². The van der Waals surface area contributed by atoms with Crippen molar-refractivity contribution in [1.82, 2.24) is 0 Å². The van der Waals surface area contributed by atoms with Crippen LogP contribution in [0.4, 0.5) is 0 Å². The lowest BCUT2D eigenvalue weighted by Gasteiger charge is -2.59. The van der Waals surface area contributed by atoms with E-state index >= 15 is 0 Å². The summed E-state index contributed by atoms with van der Waals surface area (Å²) in [6.45, 7) is 16.6. The molecule has 4 rings (SSSR count). The molecule has 0 amide bonds. The van der Waals surface area contributed by atoms with E-state index in [-0.39, 0.29) is 23.8 Å². The molecule has 198 valence electrons. The van der Waals surface area contributed by atoms with Gasteiger partial charge < -0.3 is 9.47 Å². The van der Waals surface area contributed by atoms with Crippen LogP contribution in [-0.2, 0) is 19.1 Å². The summed E-state index contributed by atoms with van der Waals surface area (Å²) in [7, 11) is 0. The van der Waals surface area contributed by atoms with Crippen molar-refractivity contribution in [1.29, 1.82) is 0 Å². The summed E-state index contributed by atoms with van der Waals surface area (Å²) >= 11 is 0. The van der Waals surface area contributed by atoms with Crippen molar-refractivity contribution in [3.63, 3.8) is 0 Å². The monoisotopic (exact) mass is 486 g/mol. The third-order valence-corrected chi connectivity index (χ3v) is 10.9. The second-order valence-electron chi connectivity index (χ2n) is 13.5. The van der Waals surface area contributed by atoms with Crippen LogP contribution in [0.5, 0.6) is 0 Å². The molecule has 0 unspecified atom stereocenters. The molecular formula is C31H50O4. The van der Waals surface area contributed by atoms with Gasteiger partial charge in [0.2, 0.25) is 0 Å². The van der Waals surface area contributed by atoms with E-state index in [1.807, 2.05) is 6.92 Å². The van der Waals surface area contributed by atoms with Gasteiger partial charge in [-0.2, -0.15) is 0 Å². The predicted molar refractivity (Wildman–Crippen MR) is 139 cm³/mol. The molecule has 9 atom stereocenters. The maximum Gasteiger partial charge on any atom is 0.314 e. The molecule has 4 heteroatoms. The standard InChI is InChI=1S/C31H50O4/c1-8-34-27(32)17-22-18-31(7)25-14-15-30(6)23(20(4)11-9-10-19(2)3)12-13-24(30)28(25)21(5)16-26(31)35-29(22)33/h16,19-25,28H,8-15,17-18H2,1-7H3/t20-,21+,22-,23-,24+,25+,28+,30-,31-/m1/s1. The van der Waals surface area contributed by atoms with Crippen LogP contribution in [0.3, 0.4) is 0 Å². The maximum atomic E-state index is 12.8. The quantitative estimate of drug-likeness (QED) is 0.332. The zero-order valence-corrected chi connectivity index (χ0v) is 23.4. The van der Waals surface area contributed by atoms with Crippen molar-refractivity contribution in [2.45, 2.75) is 106 Å². The fourth-order valence-electron chi connectivity index (χ4n) is 9.18. The Balaban J connectivity index is 1.53. The first-order chi connectivity index (χ1) is 16.5. The maximum absolute atomic E-state index is 12.8. The van der Waals surface area contributed by atoms with Gasteiger partial charge in [0.15, 0.2) is 0 Å². The third kappa shape index (κ3) is 4.85. The lowest BCUT2D eigenvalue weighted by Crippen LogP contribution is -2.54. The Hall–Kier alpha value is -1.32. The summed E-state index contributed by atoms with van der Waals surface area (Å²) in [5, 5.41) is 0. The summed E-state index contributed by atoms with van der Waals surface area (Å²) in [5.41, 5.74) is 0.259. The van der Waals surface area contributed by atoms with Gasteiger partial charge in [-0.3, -0.25) is 9.59 Å². The second-order valence-corrected chi connectivity index (χ2v) is 13.5. The third-order valence-electron chi connectivity index (χ3n) is 10.9. The highest BCUT2D eigenvalue weighted by Gasteiger charge is 2.62. The molecule has 3 fully saturated rings. The molecule has 2 saturated carbocycles. The van der Waals surface area contributed by atoms with Gasteiger partial charge in [0.1, 0.15) is 5.76 Å². The van der Waals surface area contributed by atoms with E-state index in [0.29, 0.717) is 36.2 Å². The molecule has 1 heterocycles. The highest BCUT2D eigenvalue weighted by Crippen LogP contribution is 2.68. The van der Waals surface area contributed by atoms with Crippen LogP contribution in [0, 0.1) is 58.2 Å². The Morgan fingerprint density at radius 3 is 2.57 bits per heavy atom. The van der Waals surface area contributed by atoms with Gasteiger partial charge in [-0.15, -0.1) is 0 Å². The van der Waals surface area contributed by atoms with Gasteiger partial charge in [-0.1, -0.05) is 60.8 Å². The number of fused-ring (bicyclic) bond motifs is 5. The zero-order chi connectivity index (χ0) is 25.5. The Bertz CT molecular complexity index is 830.